The number of nitrogens with zero attached hydrogens (tertiary/aromatic N) is 1. The van der Waals surface area contributed by atoms with Crippen molar-refractivity contribution in [2.75, 3.05) is 0 Å². The van der Waals surface area contributed by atoms with Gasteiger partial charge in [-0.05, 0) is 38.8 Å². The monoisotopic (exact) mass is 203 g/mol. The van der Waals surface area contributed by atoms with Gasteiger partial charge >= 0.3 is 5.97 Å². The van der Waals surface area contributed by atoms with Gasteiger partial charge in [0.05, 0.1) is 16.7 Å². The Bertz CT molecular complexity index is 447. The van der Waals surface area contributed by atoms with Crippen molar-refractivity contribution in [2.24, 2.45) is 0 Å². The third-order valence-corrected chi connectivity index (χ3v) is 3.73. The molecule has 2 aliphatic rings. The normalized spacial score (nSPS) is 24.5. The number of rotatable bonds is 0. The molecule has 1 fully saturated rings. The van der Waals surface area contributed by atoms with Gasteiger partial charge in [0.15, 0.2) is 0 Å². The Labute approximate surface area is 88.5 Å². The molecule has 0 saturated heterocycles. The maximum atomic E-state index is 11.8. The maximum absolute atomic E-state index is 11.8. The van der Waals surface area contributed by atoms with Crippen LogP contribution in [0.15, 0.2) is 18.3 Å². The number of fused-ring (bicyclic) bond motifs is 2. The second-order valence-corrected chi connectivity index (χ2v) is 4.88. The van der Waals surface area contributed by atoms with E-state index in [9.17, 15) is 4.79 Å². The first-order valence-corrected chi connectivity index (χ1v) is 5.26. The standard InChI is InChI=1S/C12H13NO2/c1-11(2)12(5-6-12)9-8(10(14)15-11)4-3-7-13-9/h3-4,7H,5-6H2,1-2H3. The quantitative estimate of drug-likeness (QED) is 0.606. The van der Waals surface area contributed by atoms with Gasteiger partial charge in [-0.3, -0.25) is 4.98 Å². The lowest BCUT2D eigenvalue weighted by molar-refractivity contribution is -0.0285. The Balaban J connectivity index is 2.25. The van der Waals surface area contributed by atoms with Gasteiger partial charge in [-0.2, -0.15) is 0 Å². The molecule has 1 spiro atoms. The minimum absolute atomic E-state index is 0.0164. The molecular formula is C12H13NO2. The summed E-state index contributed by atoms with van der Waals surface area (Å²) in [5.74, 6) is -0.236. The van der Waals surface area contributed by atoms with Crippen LogP contribution in [-0.4, -0.2) is 16.6 Å². The van der Waals surface area contributed by atoms with E-state index in [0.29, 0.717) is 5.56 Å². The molecule has 3 nitrogen and oxygen atoms in total. The zero-order valence-electron chi connectivity index (χ0n) is 8.91. The van der Waals surface area contributed by atoms with Crippen molar-refractivity contribution in [3.63, 3.8) is 0 Å². The largest absolute Gasteiger partial charge is 0.455 e. The molecule has 0 unspecified atom stereocenters. The number of pyridine rings is 1. The molecule has 0 aromatic carbocycles. The maximum Gasteiger partial charge on any atom is 0.340 e. The fraction of sp³-hybridized carbons (Fsp3) is 0.500. The fourth-order valence-electron chi connectivity index (χ4n) is 2.58. The van der Waals surface area contributed by atoms with Crippen LogP contribution in [-0.2, 0) is 10.2 Å². The van der Waals surface area contributed by atoms with Crippen molar-refractivity contribution >= 4 is 5.97 Å². The molecule has 1 aromatic heterocycles. The molecule has 1 saturated carbocycles. The van der Waals surface area contributed by atoms with Crippen molar-refractivity contribution in [3.05, 3.63) is 29.6 Å². The number of carbonyl (C=O) groups is 1. The zero-order chi connectivity index (χ0) is 10.7. The zero-order valence-corrected chi connectivity index (χ0v) is 8.91. The summed E-state index contributed by atoms with van der Waals surface area (Å²) in [6.45, 7) is 3.96. The van der Waals surface area contributed by atoms with Gasteiger partial charge in [0.25, 0.3) is 0 Å². The number of cyclic esters (lactones) is 1. The molecule has 0 atom stereocenters. The summed E-state index contributed by atoms with van der Waals surface area (Å²) < 4.78 is 5.50. The van der Waals surface area contributed by atoms with Crippen LogP contribution in [0.1, 0.15) is 42.7 Å². The Morgan fingerprint density at radius 1 is 1.40 bits per heavy atom. The number of esters is 1. The summed E-state index contributed by atoms with van der Waals surface area (Å²) in [5.41, 5.74) is 1.16. The van der Waals surface area contributed by atoms with Crippen LogP contribution in [0, 0.1) is 0 Å². The van der Waals surface area contributed by atoms with E-state index in [1.165, 1.54) is 0 Å². The van der Waals surface area contributed by atoms with Crippen molar-refractivity contribution < 1.29 is 9.53 Å². The minimum Gasteiger partial charge on any atom is -0.455 e. The lowest BCUT2D eigenvalue weighted by Crippen LogP contribution is -2.46. The lowest BCUT2D eigenvalue weighted by Gasteiger charge is -2.38. The third-order valence-electron chi connectivity index (χ3n) is 3.73. The van der Waals surface area contributed by atoms with E-state index < -0.39 is 5.60 Å². The second kappa shape index (κ2) is 2.40. The molecule has 3 heteroatoms. The summed E-state index contributed by atoms with van der Waals surface area (Å²) in [6, 6.07) is 3.59. The molecule has 1 aliphatic heterocycles. The smallest absolute Gasteiger partial charge is 0.340 e. The predicted molar refractivity (Wildman–Crippen MR) is 54.6 cm³/mol. The van der Waals surface area contributed by atoms with Gasteiger partial charge in [-0.25, -0.2) is 4.79 Å². The second-order valence-electron chi connectivity index (χ2n) is 4.88. The molecule has 3 rings (SSSR count). The number of carbonyl (C=O) groups excluding carboxylic acids is 1. The first kappa shape index (κ1) is 8.89. The van der Waals surface area contributed by atoms with Gasteiger partial charge in [-0.15, -0.1) is 0 Å². The highest BCUT2D eigenvalue weighted by Crippen LogP contribution is 2.59. The summed E-state index contributed by atoms with van der Waals surface area (Å²) in [5, 5.41) is 0. The summed E-state index contributed by atoms with van der Waals surface area (Å²) in [6.07, 6.45) is 3.89. The van der Waals surface area contributed by atoms with Crippen LogP contribution >= 0.6 is 0 Å². The first-order valence-electron chi connectivity index (χ1n) is 5.26. The molecule has 1 aliphatic carbocycles. The number of aromatic nitrogens is 1. The number of hydrogen-bond donors (Lipinski definition) is 0. The Kier molecular flexibility index (Phi) is 1.43. The SMILES string of the molecule is CC1(C)OC(=O)c2cccnc2C12CC2. The van der Waals surface area contributed by atoms with Crippen LogP contribution in [0.5, 0.6) is 0 Å². The molecule has 0 amide bonds. The lowest BCUT2D eigenvalue weighted by atomic mass is 9.80. The Morgan fingerprint density at radius 2 is 2.13 bits per heavy atom. The highest BCUT2D eigenvalue weighted by molar-refractivity contribution is 5.93. The molecular weight excluding hydrogens is 190 g/mol. The summed E-state index contributed by atoms with van der Waals surface area (Å²) in [4.78, 5) is 16.1. The Morgan fingerprint density at radius 3 is 2.80 bits per heavy atom. The van der Waals surface area contributed by atoms with Gasteiger partial charge < -0.3 is 4.74 Å². The van der Waals surface area contributed by atoms with Crippen LogP contribution in [0.25, 0.3) is 0 Å². The Hall–Kier alpha value is -1.38. The molecule has 78 valence electrons. The van der Waals surface area contributed by atoms with Crippen LogP contribution in [0.4, 0.5) is 0 Å². The predicted octanol–water partition coefficient (Wildman–Crippen LogP) is 2.06. The number of ether oxygens (including phenoxy) is 1. The third kappa shape index (κ3) is 0.954. The van der Waals surface area contributed by atoms with E-state index in [-0.39, 0.29) is 11.4 Å². The van der Waals surface area contributed by atoms with E-state index in [4.69, 9.17) is 4.74 Å². The first-order chi connectivity index (χ1) is 7.07. The topological polar surface area (TPSA) is 39.2 Å². The molecule has 0 radical (unpaired) electrons. The van der Waals surface area contributed by atoms with E-state index >= 15 is 0 Å². The highest BCUT2D eigenvalue weighted by atomic mass is 16.6. The highest BCUT2D eigenvalue weighted by Gasteiger charge is 2.62. The van der Waals surface area contributed by atoms with E-state index in [1.807, 2.05) is 13.8 Å². The molecule has 0 bridgehead atoms. The van der Waals surface area contributed by atoms with E-state index in [0.717, 1.165) is 18.5 Å². The van der Waals surface area contributed by atoms with Gasteiger partial charge in [0.1, 0.15) is 5.60 Å². The van der Waals surface area contributed by atoms with Gasteiger partial charge in [-0.1, -0.05) is 0 Å². The van der Waals surface area contributed by atoms with Crippen LogP contribution in [0.3, 0.4) is 0 Å². The minimum atomic E-state index is -0.411. The van der Waals surface area contributed by atoms with Crippen molar-refractivity contribution in [1.82, 2.24) is 4.98 Å². The number of hydrogen-bond acceptors (Lipinski definition) is 3. The molecule has 15 heavy (non-hydrogen) atoms. The van der Waals surface area contributed by atoms with Crippen LogP contribution in [0.2, 0.25) is 0 Å². The van der Waals surface area contributed by atoms with Crippen molar-refractivity contribution in [3.8, 4) is 0 Å². The van der Waals surface area contributed by atoms with Crippen molar-refractivity contribution in [1.29, 1.82) is 0 Å². The van der Waals surface area contributed by atoms with Crippen LogP contribution < -0.4 is 0 Å². The average molecular weight is 203 g/mol. The molecule has 1 aromatic rings. The van der Waals surface area contributed by atoms with Crippen molar-refractivity contribution in [2.45, 2.75) is 37.7 Å². The summed E-state index contributed by atoms with van der Waals surface area (Å²) in [7, 11) is 0. The van der Waals surface area contributed by atoms with Gasteiger partial charge in [0.2, 0.25) is 0 Å². The van der Waals surface area contributed by atoms with Gasteiger partial charge in [0, 0.05) is 6.20 Å². The van der Waals surface area contributed by atoms with E-state index in [1.54, 1.807) is 18.3 Å². The average Bonchev–Trinajstić information content (AvgIpc) is 2.96. The fourth-order valence-corrected chi connectivity index (χ4v) is 2.58. The molecule has 0 N–H and O–H groups in total. The van der Waals surface area contributed by atoms with E-state index in [2.05, 4.69) is 4.98 Å². The molecule has 2 heterocycles. The summed E-state index contributed by atoms with van der Waals surface area (Å²) >= 11 is 0.